The molecule has 1 fully saturated rings. The van der Waals surface area contributed by atoms with Gasteiger partial charge in [-0.1, -0.05) is 22.6 Å². The standard InChI is InChI=1S/C29H33N11O2S/c1-5-40-22(14-18(3)36-40)27(41)32-19-7-6-17(2)21(15-19)26-35-28(42-37-26)24-25(30)34-29(43-24)33-20-8-9-23(31-16-20)39-12-10-38(4)11-13-39/h6-9,14-16H,5,10-13,30H2,1-4H3,(H,32,41)(H,33,34). The maximum absolute atomic E-state index is 12.9. The second kappa shape index (κ2) is 11.8. The van der Waals surface area contributed by atoms with Crippen LogP contribution < -0.4 is 21.3 Å². The Morgan fingerprint density at radius 2 is 1.86 bits per heavy atom. The van der Waals surface area contributed by atoms with Crippen LogP contribution in [0, 0.1) is 13.8 Å². The number of nitrogens with one attached hydrogen (secondary N) is 2. The molecule has 6 rings (SSSR count). The van der Waals surface area contributed by atoms with E-state index < -0.39 is 0 Å². The summed E-state index contributed by atoms with van der Waals surface area (Å²) in [5.74, 6) is 1.64. The Kier molecular flexibility index (Phi) is 7.78. The van der Waals surface area contributed by atoms with Gasteiger partial charge in [-0.25, -0.2) is 9.97 Å². The second-order valence-corrected chi connectivity index (χ2v) is 11.4. The molecule has 0 unspecified atom stereocenters. The maximum atomic E-state index is 12.9. The number of likely N-dealkylation sites (N-methyl/N-ethyl adjacent to an activating group) is 1. The summed E-state index contributed by atoms with van der Waals surface area (Å²) in [7, 11) is 2.13. The Bertz CT molecular complexity index is 1750. The third-order valence-electron chi connectivity index (χ3n) is 7.27. The van der Waals surface area contributed by atoms with Crippen LogP contribution in [0.1, 0.15) is 28.7 Å². The van der Waals surface area contributed by atoms with Gasteiger partial charge in [0.1, 0.15) is 22.2 Å². The minimum absolute atomic E-state index is 0.243. The highest BCUT2D eigenvalue weighted by Crippen LogP contribution is 2.36. The minimum atomic E-state index is -0.243. The molecular formula is C29H33N11O2S. The lowest BCUT2D eigenvalue weighted by atomic mass is 10.1. The number of nitrogens with two attached hydrogens (primary N) is 1. The van der Waals surface area contributed by atoms with E-state index in [4.69, 9.17) is 10.3 Å². The predicted molar refractivity (Wildman–Crippen MR) is 168 cm³/mol. The fourth-order valence-corrected chi connectivity index (χ4v) is 5.70. The summed E-state index contributed by atoms with van der Waals surface area (Å²) in [6.45, 7) is 10.3. The monoisotopic (exact) mass is 599 g/mol. The van der Waals surface area contributed by atoms with Gasteiger partial charge in [-0.3, -0.25) is 9.48 Å². The van der Waals surface area contributed by atoms with E-state index in [2.05, 4.69) is 52.7 Å². The van der Waals surface area contributed by atoms with Crippen LogP contribution in [-0.2, 0) is 6.54 Å². The molecule has 0 bridgehead atoms. The van der Waals surface area contributed by atoms with Crippen molar-refractivity contribution in [1.29, 1.82) is 0 Å². The van der Waals surface area contributed by atoms with Crippen LogP contribution in [0.15, 0.2) is 47.1 Å². The number of carbonyl (C=O) groups is 1. The summed E-state index contributed by atoms with van der Waals surface area (Å²) in [5, 5.41) is 15.4. The molecular weight excluding hydrogens is 566 g/mol. The first kappa shape index (κ1) is 28.3. The van der Waals surface area contributed by atoms with Gasteiger partial charge in [0.25, 0.3) is 11.8 Å². The molecule has 1 aliphatic heterocycles. The number of amides is 1. The highest BCUT2D eigenvalue weighted by molar-refractivity contribution is 7.19. The lowest BCUT2D eigenvalue weighted by molar-refractivity contribution is 0.101. The zero-order valence-electron chi connectivity index (χ0n) is 24.5. The summed E-state index contributed by atoms with van der Waals surface area (Å²) in [4.78, 5) is 31.8. The second-order valence-electron chi connectivity index (χ2n) is 10.4. The minimum Gasteiger partial charge on any atom is -0.382 e. The number of hydrogen-bond acceptors (Lipinski definition) is 12. The van der Waals surface area contributed by atoms with Crippen molar-refractivity contribution in [3.05, 3.63) is 59.5 Å². The van der Waals surface area contributed by atoms with Crippen molar-refractivity contribution in [2.45, 2.75) is 27.3 Å². The Morgan fingerprint density at radius 1 is 1.07 bits per heavy atom. The van der Waals surface area contributed by atoms with Crippen LogP contribution in [-0.4, -0.2) is 73.9 Å². The topological polar surface area (TPSA) is 156 Å². The number of rotatable bonds is 8. The molecule has 222 valence electrons. The molecule has 0 atom stereocenters. The molecule has 0 saturated carbocycles. The normalized spacial score (nSPS) is 13.8. The van der Waals surface area contributed by atoms with Crippen molar-refractivity contribution in [3.63, 3.8) is 0 Å². The third-order valence-corrected chi connectivity index (χ3v) is 8.25. The number of pyridine rings is 1. The Hall–Kier alpha value is -4.82. The number of hydrogen-bond donors (Lipinski definition) is 3. The van der Waals surface area contributed by atoms with Gasteiger partial charge < -0.3 is 30.7 Å². The summed E-state index contributed by atoms with van der Waals surface area (Å²) >= 11 is 1.31. The Morgan fingerprint density at radius 3 is 2.60 bits per heavy atom. The fraction of sp³-hybridized carbons (Fsp3) is 0.310. The lowest BCUT2D eigenvalue weighted by Crippen LogP contribution is -2.44. The highest BCUT2D eigenvalue weighted by Gasteiger charge is 2.21. The first-order valence-electron chi connectivity index (χ1n) is 14.0. The number of carbonyl (C=O) groups excluding carboxylic acids is 1. The molecule has 4 aromatic heterocycles. The predicted octanol–water partition coefficient (Wildman–Crippen LogP) is 4.42. The van der Waals surface area contributed by atoms with Crippen LogP contribution in [0.2, 0.25) is 0 Å². The van der Waals surface area contributed by atoms with Gasteiger partial charge in [0.15, 0.2) is 5.13 Å². The van der Waals surface area contributed by atoms with Gasteiger partial charge in [0.2, 0.25) is 5.82 Å². The van der Waals surface area contributed by atoms with E-state index >= 15 is 0 Å². The van der Waals surface area contributed by atoms with Gasteiger partial charge in [-0.15, -0.1) is 0 Å². The summed E-state index contributed by atoms with van der Waals surface area (Å²) < 4.78 is 7.27. The molecule has 14 heteroatoms. The molecule has 13 nitrogen and oxygen atoms in total. The smallest absolute Gasteiger partial charge is 0.273 e. The van der Waals surface area contributed by atoms with E-state index in [1.54, 1.807) is 16.9 Å². The average Bonchev–Trinajstić information content (AvgIpc) is 3.73. The number of thiazole rings is 1. The Balaban J connectivity index is 1.16. The zero-order valence-corrected chi connectivity index (χ0v) is 25.3. The van der Waals surface area contributed by atoms with E-state index in [1.165, 1.54) is 11.3 Å². The number of aryl methyl sites for hydroxylation is 3. The van der Waals surface area contributed by atoms with Gasteiger partial charge in [0, 0.05) is 44.0 Å². The van der Waals surface area contributed by atoms with Crippen molar-refractivity contribution in [1.82, 2.24) is 34.8 Å². The van der Waals surface area contributed by atoms with Crippen molar-refractivity contribution in [2.24, 2.45) is 0 Å². The van der Waals surface area contributed by atoms with Crippen molar-refractivity contribution >= 4 is 45.4 Å². The van der Waals surface area contributed by atoms with Gasteiger partial charge in [0.05, 0.1) is 17.6 Å². The molecule has 1 aliphatic rings. The average molecular weight is 600 g/mol. The largest absolute Gasteiger partial charge is 0.382 e. The van der Waals surface area contributed by atoms with Crippen molar-refractivity contribution < 1.29 is 9.32 Å². The molecule has 43 heavy (non-hydrogen) atoms. The molecule has 1 aromatic carbocycles. The van der Waals surface area contributed by atoms with Crippen LogP contribution in [0.4, 0.5) is 28.1 Å². The van der Waals surface area contributed by atoms with Crippen molar-refractivity contribution in [3.8, 4) is 22.2 Å². The van der Waals surface area contributed by atoms with E-state index in [-0.39, 0.29) is 17.6 Å². The number of aromatic nitrogens is 6. The quantitative estimate of drug-likeness (QED) is 0.232. The highest BCUT2D eigenvalue weighted by atomic mass is 32.1. The van der Waals surface area contributed by atoms with Crippen LogP contribution >= 0.6 is 11.3 Å². The lowest BCUT2D eigenvalue weighted by Gasteiger charge is -2.33. The number of nitrogen functional groups attached to an aromatic ring is 1. The van der Waals surface area contributed by atoms with E-state index in [0.29, 0.717) is 33.8 Å². The van der Waals surface area contributed by atoms with E-state index in [1.807, 2.05) is 51.1 Å². The molecule has 0 spiro atoms. The number of benzene rings is 1. The molecule has 5 heterocycles. The summed E-state index contributed by atoms with van der Waals surface area (Å²) in [6.07, 6.45) is 1.79. The molecule has 0 aliphatic carbocycles. The van der Waals surface area contributed by atoms with E-state index in [0.717, 1.165) is 54.5 Å². The first-order chi connectivity index (χ1) is 20.8. The van der Waals surface area contributed by atoms with Gasteiger partial charge >= 0.3 is 0 Å². The van der Waals surface area contributed by atoms with Crippen LogP contribution in [0.3, 0.4) is 0 Å². The number of nitrogens with zero attached hydrogens (tertiary/aromatic N) is 8. The molecule has 1 amide bonds. The SMILES string of the molecule is CCn1nc(C)cc1C(=O)Nc1ccc(C)c(-c2noc(-c3sc(Nc4ccc(N5CCN(C)CC5)nc4)nc3N)n2)c1. The van der Waals surface area contributed by atoms with Gasteiger partial charge in [-0.2, -0.15) is 10.1 Å². The molecule has 5 aromatic rings. The van der Waals surface area contributed by atoms with E-state index in [9.17, 15) is 4.79 Å². The number of piperazine rings is 1. The first-order valence-corrected chi connectivity index (χ1v) is 14.8. The van der Waals surface area contributed by atoms with Crippen molar-refractivity contribution in [2.75, 3.05) is 54.5 Å². The molecule has 1 saturated heterocycles. The summed E-state index contributed by atoms with van der Waals surface area (Å²) in [5.41, 5.74) is 10.6. The molecule has 4 N–H and O–H groups in total. The van der Waals surface area contributed by atoms with Crippen LogP contribution in [0.25, 0.3) is 22.2 Å². The fourth-order valence-electron chi connectivity index (χ4n) is 4.87. The van der Waals surface area contributed by atoms with Gasteiger partial charge in [-0.05, 0) is 63.7 Å². The number of anilines is 5. The molecule has 0 radical (unpaired) electrons. The third kappa shape index (κ3) is 6.05. The zero-order chi connectivity index (χ0) is 30.1. The summed E-state index contributed by atoms with van der Waals surface area (Å²) in [6, 6.07) is 11.3. The maximum Gasteiger partial charge on any atom is 0.273 e. The Labute approximate surface area is 252 Å². The van der Waals surface area contributed by atoms with Crippen LogP contribution in [0.5, 0.6) is 0 Å².